The third-order valence-corrected chi connectivity index (χ3v) is 3.48. The number of nitrogens with zero attached hydrogens (tertiary/aromatic N) is 1. The van der Waals surface area contributed by atoms with E-state index in [1.54, 1.807) is 18.3 Å². The van der Waals surface area contributed by atoms with Crippen molar-refractivity contribution < 1.29 is 0 Å². The summed E-state index contributed by atoms with van der Waals surface area (Å²) in [6.07, 6.45) is 9.22. The van der Waals surface area contributed by atoms with Gasteiger partial charge in [0.15, 0.2) is 0 Å². The molecule has 0 amide bonds. The zero-order valence-electron chi connectivity index (χ0n) is 11.2. The zero-order chi connectivity index (χ0) is 14.1. The van der Waals surface area contributed by atoms with Gasteiger partial charge in [0.05, 0.1) is 15.9 Å². The summed E-state index contributed by atoms with van der Waals surface area (Å²) in [5.74, 6) is 0.674. The molecule has 0 unspecified atom stereocenters. The quantitative estimate of drug-likeness (QED) is 0.414. The van der Waals surface area contributed by atoms with Crippen molar-refractivity contribution in [1.82, 2.24) is 0 Å². The maximum atomic E-state index is 5.93. The predicted molar refractivity (Wildman–Crippen MR) is 85.9 cm³/mol. The van der Waals surface area contributed by atoms with Gasteiger partial charge in [0.2, 0.25) is 0 Å². The number of rotatable bonds is 7. The van der Waals surface area contributed by atoms with Gasteiger partial charge in [-0.1, -0.05) is 55.5 Å². The molecule has 2 nitrogen and oxygen atoms in total. The molecule has 0 spiro atoms. The van der Waals surface area contributed by atoms with Crippen molar-refractivity contribution in [3.05, 3.63) is 40.0 Å². The zero-order valence-corrected chi connectivity index (χ0v) is 12.7. The lowest BCUT2D eigenvalue weighted by Crippen LogP contribution is -2.10. The summed E-state index contributed by atoms with van der Waals surface area (Å²) in [7, 11) is 0. The van der Waals surface area contributed by atoms with E-state index in [-0.39, 0.29) is 0 Å². The standard InChI is InChI=1S/C15H20Cl2N2/c1-2-3-4-5-6-15(18)19-10-9-12-7-8-13(16)14(17)11-12/h7-11H,2-6H2,1H3,(H2,18,19). The topological polar surface area (TPSA) is 38.4 Å². The van der Waals surface area contributed by atoms with Gasteiger partial charge in [-0.2, -0.15) is 0 Å². The number of unbranched alkanes of at least 4 members (excludes halogenated alkanes) is 3. The molecule has 0 bridgehead atoms. The van der Waals surface area contributed by atoms with Crippen LogP contribution in [0.2, 0.25) is 10.0 Å². The molecule has 0 radical (unpaired) electrons. The van der Waals surface area contributed by atoms with Crippen LogP contribution >= 0.6 is 23.2 Å². The molecule has 1 aromatic carbocycles. The van der Waals surface area contributed by atoms with E-state index in [1.165, 1.54) is 19.3 Å². The molecule has 0 aromatic heterocycles. The van der Waals surface area contributed by atoms with Crippen LogP contribution in [0.1, 0.15) is 44.6 Å². The molecule has 1 rings (SSSR count). The minimum absolute atomic E-state index is 0.542. The third kappa shape index (κ3) is 6.65. The number of nitrogens with two attached hydrogens (primary N) is 1. The number of aliphatic imine (C=N–C) groups is 1. The first-order valence-corrected chi connectivity index (χ1v) is 7.33. The van der Waals surface area contributed by atoms with Crippen molar-refractivity contribution >= 4 is 35.1 Å². The molecule has 0 atom stereocenters. The van der Waals surface area contributed by atoms with Crippen molar-refractivity contribution in [2.45, 2.75) is 39.0 Å². The van der Waals surface area contributed by atoms with Crippen LogP contribution in [-0.2, 0) is 0 Å². The second-order valence-corrected chi connectivity index (χ2v) is 5.23. The second-order valence-electron chi connectivity index (χ2n) is 4.42. The Morgan fingerprint density at radius 3 is 2.68 bits per heavy atom. The van der Waals surface area contributed by atoms with Gasteiger partial charge in [-0.3, -0.25) is 0 Å². The summed E-state index contributed by atoms with van der Waals surface area (Å²) < 4.78 is 0. The van der Waals surface area contributed by atoms with Crippen molar-refractivity contribution in [2.75, 3.05) is 0 Å². The molecule has 0 aliphatic heterocycles. The molecule has 0 heterocycles. The molecule has 104 valence electrons. The first-order valence-electron chi connectivity index (χ1n) is 6.57. The molecule has 2 N–H and O–H groups in total. The Bertz CT molecular complexity index is 453. The Balaban J connectivity index is 2.45. The van der Waals surface area contributed by atoms with Crippen LogP contribution in [0.5, 0.6) is 0 Å². The summed E-state index contributed by atoms with van der Waals surface area (Å²) in [4.78, 5) is 4.21. The van der Waals surface area contributed by atoms with Gasteiger partial charge in [0.25, 0.3) is 0 Å². The lowest BCUT2D eigenvalue weighted by Gasteiger charge is -1.99. The molecular weight excluding hydrogens is 279 g/mol. The Hall–Kier alpha value is -0.990. The summed E-state index contributed by atoms with van der Waals surface area (Å²) in [6.45, 7) is 2.19. The highest BCUT2D eigenvalue weighted by molar-refractivity contribution is 6.42. The number of halogens is 2. The highest BCUT2D eigenvalue weighted by Crippen LogP contribution is 2.23. The van der Waals surface area contributed by atoms with E-state index in [2.05, 4.69) is 11.9 Å². The summed E-state index contributed by atoms with van der Waals surface area (Å²) >= 11 is 11.8. The fraction of sp³-hybridized carbons (Fsp3) is 0.400. The monoisotopic (exact) mass is 298 g/mol. The van der Waals surface area contributed by atoms with Crippen molar-refractivity contribution in [2.24, 2.45) is 10.7 Å². The largest absolute Gasteiger partial charge is 0.387 e. The van der Waals surface area contributed by atoms with Crippen LogP contribution in [-0.4, -0.2) is 5.84 Å². The Morgan fingerprint density at radius 2 is 2.00 bits per heavy atom. The fourth-order valence-corrected chi connectivity index (χ4v) is 1.94. The summed E-state index contributed by atoms with van der Waals surface area (Å²) in [5.41, 5.74) is 6.78. The number of benzene rings is 1. The van der Waals surface area contributed by atoms with Gasteiger partial charge >= 0.3 is 0 Å². The van der Waals surface area contributed by atoms with Crippen LogP contribution in [0.4, 0.5) is 0 Å². The van der Waals surface area contributed by atoms with E-state index in [0.29, 0.717) is 15.9 Å². The van der Waals surface area contributed by atoms with E-state index in [1.807, 2.05) is 12.1 Å². The van der Waals surface area contributed by atoms with E-state index in [4.69, 9.17) is 28.9 Å². The smallest absolute Gasteiger partial charge is 0.0988 e. The van der Waals surface area contributed by atoms with Crippen LogP contribution in [0.3, 0.4) is 0 Å². The molecule has 0 aliphatic carbocycles. The van der Waals surface area contributed by atoms with E-state index in [9.17, 15) is 0 Å². The maximum Gasteiger partial charge on any atom is 0.0988 e. The first kappa shape index (κ1) is 16.1. The van der Waals surface area contributed by atoms with Gasteiger partial charge < -0.3 is 5.73 Å². The van der Waals surface area contributed by atoms with Crippen molar-refractivity contribution in [1.29, 1.82) is 0 Å². The molecule has 0 saturated carbocycles. The highest BCUT2D eigenvalue weighted by Gasteiger charge is 1.96. The maximum absolute atomic E-state index is 5.93. The molecule has 1 aromatic rings. The van der Waals surface area contributed by atoms with Crippen LogP contribution in [0, 0.1) is 0 Å². The molecule has 4 heteroatoms. The van der Waals surface area contributed by atoms with Gasteiger partial charge in [-0.15, -0.1) is 0 Å². The Morgan fingerprint density at radius 1 is 1.21 bits per heavy atom. The third-order valence-electron chi connectivity index (χ3n) is 2.74. The molecular formula is C15H20Cl2N2. The predicted octanol–water partition coefficient (Wildman–Crippen LogP) is 5.29. The lowest BCUT2D eigenvalue weighted by molar-refractivity contribution is 0.682. The SMILES string of the molecule is CCCCCCC(N)=NC=Cc1ccc(Cl)c(Cl)c1. The normalized spacial score (nSPS) is 12.3. The van der Waals surface area contributed by atoms with Gasteiger partial charge in [-0.05, 0) is 30.2 Å². The van der Waals surface area contributed by atoms with E-state index < -0.39 is 0 Å². The lowest BCUT2D eigenvalue weighted by atomic mass is 10.1. The van der Waals surface area contributed by atoms with Crippen molar-refractivity contribution in [3.8, 4) is 0 Å². The Labute approximate surface area is 125 Å². The molecule has 0 saturated heterocycles. The van der Waals surface area contributed by atoms with Crippen LogP contribution < -0.4 is 5.73 Å². The highest BCUT2D eigenvalue weighted by atomic mass is 35.5. The fourth-order valence-electron chi connectivity index (χ4n) is 1.63. The number of hydrogen-bond donors (Lipinski definition) is 1. The minimum atomic E-state index is 0.542. The average Bonchev–Trinajstić information content (AvgIpc) is 2.39. The van der Waals surface area contributed by atoms with Gasteiger partial charge in [-0.25, -0.2) is 4.99 Å². The van der Waals surface area contributed by atoms with Crippen LogP contribution in [0.15, 0.2) is 29.4 Å². The van der Waals surface area contributed by atoms with Crippen LogP contribution in [0.25, 0.3) is 6.08 Å². The molecule has 0 fully saturated rings. The second kappa shape index (κ2) is 9.00. The molecule has 19 heavy (non-hydrogen) atoms. The number of hydrogen-bond acceptors (Lipinski definition) is 1. The summed E-state index contributed by atoms with van der Waals surface area (Å²) in [6, 6.07) is 5.45. The summed E-state index contributed by atoms with van der Waals surface area (Å²) in [5, 5.41) is 1.10. The average molecular weight is 299 g/mol. The van der Waals surface area contributed by atoms with E-state index >= 15 is 0 Å². The van der Waals surface area contributed by atoms with Crippen molar-refractivity contribution in [3.63, 3.8) is 0 Å². The number of amidine groups is 1. The molecule has 0 aliphatic rings. The van der Waals surface area contributed by atoms with E-state index in [0.717, 1.165) is 18.4 Å². The van der Waals surface area contributed by atoms with Gasteiger partial charge in [0, 0.05) is 12.6 Å². The minimum Gasteiger partial charge on any atom is -0.387 e. The Kier molecular flexibility index (Phi) is 7.61. The first-order chi connectivity index (χ1) is 9.13. The van der Waals surface area contributed by atoms with Gasteiger partial charge in [0.1, 0.15) is 0 Å².